The van der Waals surface area contributed by atoms with Gasteiger partial charge in [-0.2, -0.15) is 0 Å². The highest BCUT2D eigenvalue weighted by atomic mass is 35.5. The Morgan fingerprint density at radius 1 is 1.44 bits per heavy atom. The van der Waals surface area contributed by atoms with Crippen molar-refractivity contribution in [3.05, 3.63) is 28.8 Å². The first-order valence-corrected chi connectivity index (χ1v) is 6.80. The highest BCUT2D eigenvalue weighted by Gasteiger charge is 2.28. The molecule has 2 N–H and O–H groups in total. The topological polar surface area (TPSA) is 35.5 Å². The molecule has 0 spiro atoms. The van der Waals surface area contributed by atoms with Crippen molar-refractivity contribution in [3.63, 3.8) is 0 Å². The molecule has 4 heteroatoms. The molecule has 0 heterocycles. The summed E-state index contributed by atoms with van der Waals surface area (Å²) in [6.07, 6.45) is 1.73. The van der Waals surface area contributed by atoms with Gasteiger partial charge in [0.1, 0.15) is 0 Å². The van der Waals surface area contributed by atoms with E-state index in [1.807, 2.05) is 19.2 Å². The molecule has 1 aliphatic carbocycles. The highest BCUT2D eigenvalue weighted by molar-refractivity contribution is 6.33. The minimum Gasteiger partial charge on any atom is -0.393 e. The lowest BCUT2D eigenvalue weighted by atomic mass is 9.82. The molecule has 3 nitrogen and oxygen atoms in total. The summed E-state index contributed by atoms with van der Waals surface area (Å²) in [4.78, 5) is 2.21. The lowest BCUT2D eigenvalue weighted by Crippen LogP contribution is -2.37. The molecule has 1 aliphatic rings. The van der Waals surface area contributed by atoms with Crippen LogP contribution in [0.2, 0.25) is 5.02 Å². The first kappa shape index (κ1) is 13.7. The summed E-state index contributed by atoms with van der Waals surface area (Å²) < 4.78 is 0. The number of hydrogen-bond acceptors (Lipinski definition) is 3. The largest absolute Gasteiger partial charge is 0.393 e. The monoisotopic (exact) mass is 268 g/mol. The second-order valence-corrected chi connectivity index (χ2v) is 5.56. The summed E-state index contributed by atoms with van der Waals surface area (Å²) >= 11 is 6.31. The Balaban J connectivity index is 2.10. The van der Waals surface area contributed by atoms with Crippen molar-refractivity contribution in [1.82, 2.24) is 5.32 Å². The molecular weight excluding hydrogens is 248 g/mol. The normalized spacial score (nSPS) is 22.7. The first-order chi connectivity index (χ1) is 8.61. The van der Waals surface area contributed by atoms with E-state index in [0.717, 1.165) is 36.6 Å². The fourth-order valence-electron chi connectivity index (χ4n) is 2.65. The van der Waals surface area contributed by atoms with Crippen LogP contribution in [0.5, 0.6) is 0 Å². The van der Waals surface area contributed by atoms with Crippen molar-refractivity contribution < 1.29 is 5.11 Å². The summed E-state index contributed by atoms with van der Waals surface area (Å²) in [5.41, 5.74) is 2.32. The van der Waals surface area contributed by atoms with E-state index in [1.54, 1.807) is 0 Å². The van der Waals surface area contributed by atoms with Gasteiger partial charge in [-0.1, -0.05) is 23.7 Å². The number of nitrogens with zero attached hydrogens (tertiary/aromatic N) is 1. The van der Waals surface area contributed by atoms with Crippen molar-refractivity contribution >= 4 is 17.3 Å². The predicted molar refractivity (Wildman–Crippen MR) is 76.2 cm³/mol. The second kappa shape index (κ2) is 5.91. The summed E-state index contributed by atoms with van der Waals surface area (Å²) in [7, 11) is 4.01. The maximum atomic E-state index is 9.34. The van der Waals surface area contributed by atoms with Crippen LogP contribution in [-0.4, -0.2) is 31.9 Å². The summed E-state index contributed by atoms with van der Waals surface area (Å²) in [5, 5.41) is 13.3. The molecule has 2 rings (SSSR count). The number of benzene rings is 1. The number of rotatable bonds is 5. The van der Waals surface area contributed by atoms with E-state index in [4.69, 9.17) is 11.6 Å². The third kappa shape index (κ3) is 2.97. The van der Waals surface area contributed by atoms with Gasteiger partial charge in [0.15, 0.2) is 0 Å². The lowest BCUT2D eigenvalue weighted by Gasteiger charge is -2.36. The van der Waals surface area contributed by atoms with E-state index in [-0.39, 0.29) is 6.10 Å². The van der Waals surface area contributed by atoms with Gasteiger partial charge in [-0.25, -0.2) is 0 Å². The van der Waals surface area contributed by atoms with Crippen molar-refractivity contribution in [2.75, 3.05) is 25.5 Å². The Labute approximate surface area is 114 Å². The molecule has 1 aromatic carbocycles. The molecule has 0 atom stereocenters. The van der Waals surface area contributed by atoms with Crippen LogP contribution in [0.4, 0.5) is 5.69 Å². The average Bonchev–Trinajstić information content (AvgIpc) is 2.27. The maximum Gasteiger partial charge on any atom is 0.0642 e. The van der Waals surface area contributed by atoms with Crippen LogP contribution in [0.1, 0.15) is 18.4 Å². The van der Waals surface area contributed by atoms with Crippen molar-refractivity contribution in [3.8, 4) is 0 Å². The van der Waals surface area contributed by atoms with E-state index < -0.39 is 0 Å². The molecule has 0 saturated heterocycles. The standard InChI is InChI=1S/C14H21ClN2O/c1-16-8-11-4-3-5-13(15)14(11)17(2)9-10-6-12(18)7-10/h3-5,10,12,16,18H,6-9H2,1-2H3. The van der Waals surface area contributed by atoms with Gasteiger partial charge < -0.3 is 15.3 Å². The van der Waals surface area contributed by atoms with Gasteiger partial charge in [0, 0.05) is 20.1 Å². The van der Waals surface area contributed by atoms with E-state index in [1.165, 1.54) is 5.56 Å². The summed E-state index contributed by atoms with van der Waals surface area (Å²) in [5.74, 6) is 0.587. The van der Waals surface area contributed by atoms with Crippen LogP contribution < -0.4 is 10.2 Å². The molecule has 18 heavy (non-hydrogen) atoms. The number of para-hydroxylation sites is 1. The molecule has 1 fully saturated rings. The van der Waals surface area contributed by atoms with Gasteiger partial charge in [0.2, 0.25) is 0 Å². The quantitative estimate of drug-likeness (QED) is 0.860. The number of aliphatic hydroxyl groups is 1. The van der Waals surface area contributed by atoms with E-state index >= 15 is 0 Å². The Morgan fingerprint density at radius 3 is 2.78 bits per heavy atom. The molecular formula is C14H21ClN2O. The molecule has 0 aromatic heterocycles. The van der Waals surface area contributed by atoms with E-state index in [0.29, 0.717) is 5.92 Å². The molecule has 0 unspecified atom stereocenters. The van der Waals surface area contributed by atoms with Crippen LogP contribution in [0.15, 0.2) is 18.2 Å². The highest BCUT2D eigenvalue weighted by Crippen LogP contribution is 2.33. The SMILES string of the molecule is CNCc1cccc(Cl)c1N(C)CC1CC(O)C1. The zero-order valence-electron chi connectivity index (χ0n) is 11.0. The molecule has 100 valence electrons. The zero-order chi connectivity index (χ0) is 13.1. The third-order valence-electron chi connectivity index (χ3n) is 3.56. The van der Waals surface area contributed by atoms with Crippen molar-refractivity contribution in [2.24, 2.45) is 5.92 Å². The van der Waals surface area contributed by atoms with Crippen LogP contribution in [-0.2, 0) is 6.54 Å². The number of hydrogen-bond donors (Lipinski definition) is 2. The molecule has 0 radical (unpaired) electrons. The van der Waals surface area contributed by atoms with Gasteiger partial charge in [0.05, 0.1) is 16.8 Å². The number of anilines is 1. The van der Waals surface area contributed by atoms with E-state index in [9.17, 15) is 5.11 Å². The minimum atomic E-state index is -0.0913. The smallest absolute Gasteiger partial charge is 0.0642 e. The Kier molecular flexibility index (Phi) is 4.49. The van der Waals surface area contributed by atoms with Gasteiger partial charge in [-0.3, -0.25) is 0 Å². The lowest BCUT2D eigenvalue weighted by molar-refractivity contribution is 0.0465. The van der Waals surface area contributed by atoms with Gasteiger partial charge in [-0.05, 0) is 37.4 Å². The van der Waals surface area contributed by atoms with Crippen molar-refractivity contribution in [2.45, 2.75) is 25.5 Å². The van der Waals surface area contributed by atoms with Gasteiger partial charge in [-0.15, -0.1) is 0 Å². The number of nitrogens with one attached hydrogen (secondary N) is 1. The average molecular weight is 269 g/mol. The fourth-order valence-corrected chi connectivity index (χ4v) is 2.99. The Hall–Kier alpha value is -0.770. The number of halogens is 1. The van der Waals surface area contributed by atoms with Gasteiger partial charge in [0.25, 0.3) is 0 Å². The van der Waals surface area contributed by atoms with Crippen LogP contribution in [0, 0.1) is 5.92 Å². The maximum absolute atomic E-state index is 9.34. The fraction of sp³-hybridized carbons (Fsp3) is 0.571. The van der Waals surface area contributed by atoms with Crippen LogP contribution >= 0.6 is 11.6 Å². The molecule has 0 amide bonds. The number of aliphatic hydroxyl groups excluding tert-OH is 1. The minimum absolute atomic E-state index is 0.0913. The zero-order valence-corrected chi connectivity index (χ0v) is 11.7. The summed E-state index contributed by atoms with van der Waals surface area (Å²) in [6.45, 7) is 1.77. The Bertz CT molecular complexity index is 405. The first-order valence-electron chi connectivity index (χ1n) is 6.43. The molecule has 1 aromatic rings. The van der Waals surface area contributed by atoms with Crippen LogP contribution in [0.3, 0.4) is 0 Å². The molecule has 1 saturated carbocycles. The van der Waals surface area contributed by atoms with Crippen LogP contribution in [0.25, 0.3) is 0 Å². The van der Waals surface area contributed by atoms with Crippen molar-refractivity contribution in [1.29, 1.82) is 0 Å². The Morgan fingerprint density at radius 2 is 2.17 bits per heavy atom. The third-order valence-corrected chi connectivity index (χ3v) is 3.87. The second-order valence-electron chi connectivity index (χ2n) is 5.15. The van der Waals surface area contributed by atoms with Gasteiger partial charge >= 0.3 is 0 Å². The summed E-state index contributed by atoms with van der Waals surface area (Å²) in [6, 6.07) is 6.02. The molecule has 0 bridgehead atoms. The molecule has 0 aliphatic heterocycles. The predicted octanol–water partition coefficient (Wildman–Crippen LogP) is 2.27. The van der Waals surface area contributed by atoms with E-state index in [2.05, 4.69) is 23.3 Å².